The number of nitrogens with zero attached hydrogens (tertiary/aromatic N) is 3. The monoisotopic (exact) mass is 372 g/mol. The molecule has 2 saturated heterocycles. The lowest BCUT2D eigenvalue weighted by Gasteiger charge is -2.29. The minimum absolute atomic E-state index is 0.0202. The molecule has 0 aromatic carbocycles. The first-order valence-electron chi connectivity index (χ1n) is 10.1. The number of piperidine rings is 1. The zero-order chi connectivity index (χ0) is 19.2. The third-order valence-electron chi connectivity index (χ3n) is 5.60. The van der Waals surface area contributed by atoms with E-state index in [0.29, 0.717) is 11.4 Å². The Hall–Kier alpha value is -2.15. The summed E-state index contributed by atoms with van der Waals surface area (Å²) in [6.07, 6.45) is 6.78. The molecule has 0 aliphatic carbocycles. The number of amides is 1. The van der Waals surface area contributed by atoms with Crippen LogP contribution in [0.1, 0.15) is 44.1 Å². The Bertz CT molecular complexity index is 660. The summed E-state index contributed by atoms with van der Waals surface area (Å²) in [4.78, 5) is 21.9. The van der Waals surface area contributed by atoms with E-state index in [1.807, 2.05) is 12.1 Å². The Morgan fingerprint density at radius 3 is 2.41 bits per heavy atom. The minimum Gasteiger partial charge on any atom is -0.373 e. The Morgan fingerprint density at radius 1 is 1.11 bits per heavy atom. The van der Waals surface area contributed by atoms with Crippen LogP contribution in [-0.4, -0.2) is 67.8 Å². The highest BCUT2D eigenvalue weighted by Crippen LogP contribution is 2.22. The molecule has 0 atom stereocenters. The molecule has 0 spiro atoms. The number of carbonyl (C=O) groups is 1. The van der Waals surface area contributed by atoms with Crippen molar-refractivity contribution in [3.05, 3.63) is 17.7 Å². The summed E-state index contributed by atoms with van der Waals surface area (Å²) < 4.78 is 0. The van der Waals surface area contributed by atoms with E-state index in [0.717, 1.165) is 44.8 Å². The summed E-state index contributed by atoms with van der Waals surface area (Å²) in [5.41, 5.74) is 0.537. The van der Waals surface area contributed by atoms with Crippen LogP contribution in [0.2, 0.25) is 0 Å². The van der Waals surface area contributed by atoms with Gasteiger partial charge >= 0.3 is 0 Å². The molecule has 148 valence electrons. The van der Waals surface area contributed by atoms with E-state index in [1.54, 1.807) is 7.05 Å². The van der Waals surface area contributed by atoms with Gasteiger partial charge in [0.25, 0.3) is 5.91 Å². The van der Waals surface area contributed by atoms with Gasteiger partial charge < -0.3 is 20.4 Å². The number of aromatic nitrogens is 1. The van der Waals surface area contributed by atoms with E-state index >= 15 is 0 Å². The third-order valence-corrected chi connectivity index (χ3v) is 5.60. The molecule has 0 bridgehead atoms. The fourth-order valence-corrected chi connectivity index (χ4v) is 3.85. The summed E-state index contributed by atoms with van der Waals surface area (Å²) >= 11 is 0. The molecule has 7 nitrogen and oxygen atoms in total. The highest BCUT2D eigenvalue weighted by molar-refractivity contribution is 6.45. The number of anilines is 2. The second-order valence-corrected chi connectivity index (χ2v) is 7.64. The van der Waals surface area contributed by atoms with Gasteiger partial charge in [0.2, 0.25) is 0 Å². The van der Waals surface area contributed by atoms with Gasteiger partial charge in [0.15, 0.2) is 0 Å². The van der Waals surface area contributed by atoms with Gasteiger partial charge in [-0.15, -0.1) is 0 Å². The smallest absolute Gasteiger partial charge is 0.270 e. The lowest BCUT2D eigenvalue weighted by molar-refractivity contribution is -0.115. The molecule has 2 fully saturated rings. The number of likely N-dealkylation sites (tertiary alicyclic amines) is 1. The molecule has 0 saturated carbocycles. The van der Waals surface area contributed by atoms with Gasteiger partial charge in [0.05, 0.1) is 0 Å². The van der Waals surface area contributed by atoms with Gasteiger partial charge in [0.1, 0.15) is 17.3 Å². The Labute approximate surface area is 162 Å². The number of hydrogen-bond donors (Lipinski definition) is 3. The van der Waals surface area contributed by atoms with Crippen molar-refractivity contribution in [2.75, 3.05) is 50.5 Å². The van der Waals surface area contributed by atoms with E-state index in [2.05, 4.69) is 27.5 Å². The molecule has 1 aromatic rings. The number of nitrogens with one attached hydrogen (secondary N) is 3. The van der Waals surface area contributed by atoms with Gasteiger partial charge in [0, 0.05) is 31.7 Å². The predicted molar refractivity (Wildman–Crippen MR) is 110 cm³/mol. The average Bonchev–Trinajstić information content (AvgIpc) is 2.98. The first-order valence-corrected chi connectivity index (χ1v) is 10.1. The number of rotatable bonds is 5. The van der Waals surface area contributed by atoms with Gasteiger partial charge in [-0.1, -0.05) is 12.8 Å². The van der Waals surface area contributed by atoms with Crippen LogP contribution in [0.15, 0.2) is 12.1 Å². The number of carbonyl (C=O) groups excluding carboxylic acids is 1. The minimum atomic E-state index is -0.314. The molecule has 1 aromatic heterocycles. The second kappa shape index (κ2) is 9.17. The molecular weight excluding hydrogens is 340 g/mol. The highest BCUT2D eigenvalue weighted by Gasteiger charge is 2.23. The first kappa shape index (κ1) is 19.6. The van der Waals surface area contributed by atoms with Crippen molar-refractivity contribution in [1.29, 1.82) is 5.41 Å². The van der Waals surface area contributed by atoms with Crippen LogP contribution in [0.5, 0.6) is 0 Å². The standard InChI is InChI=1S/C20H32N6O/c1-22-19-16(7-8-17(24-19)26-11-5-3-4-6-12-26)18(21)20(27)23-15-9-13-25(2)14-10-15/h7-8,15,21H,3-6,9-14H2,1-2H3,(H,22,24)(H,23,27). The van der Waals surface area contributed by atoms with E-state index in [9.17, 15) is 4.79 Å². The van der Waals surface area contributed by atoms with Crippen molar-refractivity contribution >= 4 is 23.3 Å². The number of hydrogen-bond acceptors (Lipinski definition) is 6. The summed E-state index contributed by atoms with van der Waals surface area (Å²) in [5.74, 6) is 1.21. The highest BCUT2D eigenvalue weighted by atomic mass is 16.1. The van der Waals surface area contributed by atoms with Crippen LogP contribution in [0, 0.1) is 5.41 Å². The lowest BCUT2D eigenvalue weighted by atomic mass is 10.0. The van der Waals surface area contributed by atoms with Gasteiger partial charge in [-0.25, -0.2) is 4.98 Å². The van der Waals surface area contributed by atoms with Crippen LogP contribution in [0.3, 0.4) is 0 Å². The average molecular weight is 373 g/mol. The first-order chi connectivity index (χ1) is 13.1. The van der Waals surface area contributed by atoms with E-state index in [1.165, 1.54) is 25.7 Å². The number of pyridine rings is 1. The summed E-state index contributed by atoms with van der Waals surface area (Å²) in [7, 11) is 3.89. The molecule has 1 amide bonds. The maximum atomic E-state index is 12.6. The molecule has 2 aliphatic rings. The van der Waals surface area contributed by atoms with Crippen LogP contribution < -0.4 is 15.5 Å². The molecular formula is C20H32N6O. The largest absolute Gasteiger partial charge is 0.373 e. The third kappa shape index (κ3) is 4.97. The summed E-state index contributed by atoms with van der Waals surface area (Å²) in [5, 5.41) is 14.5. The zero-order valence-corrected chi connectivity index (χ0v) is 16.6. The molecule has 3 heterocycles. The van der Waals surface area contributed by atoms with Crippen molar-refractivity contribution in [2.45, 2.75) is 44.6 Å². The molecule has 27 heavy (non-hydrogen) atoms. The maximum absolute atomic E-state index is 12.6. The quantitative estimate of drug-likeness (QED) is 0.689. The Kier molecular flexibility index (Phi) is 6.66. The van der Waals surface area contributed by atoms with E-state index < -0.39 is 0 Å². The SMILES string of the molecule is CNc1nc(N2CCCCCC2)ccc1C(=N)C(=O)NC1CCN(C)CC1. The van der Waals surface area contributed by atoms with Crippen molar-refractivity contribution in [1.82, 2.24) is 15.2 Å². The van der Waals surface area contributed by atoms with Crippen molar-refractivity contribution in [3.63, 3.8) is 0 Å². The maximum Gasteiger partial charge on any atom is 0.270 e. The van der Waals surface area contributed by atoms with Crippen LogP contribution in [0.4, 0.5) is 11.6 Å². The summed E-state index contributed by atoms with van der Waals surface area (Å²) in [6, 6.07) is 3.95. The van der Waals surface area contributed by atoms with Crippen LogP contribution in [0.25, 0.3) is 0 Å². The Balaban J connectivity index is 1.69. The van der Waals surface area contributed by atoms with E-state index in [4.69, 9.17) is 10.4 Å². The van der Waals surface area contributed by atoms with Crippen LogP contribution in [-0.2, 0) is 4.79 Å². The lowest BCUT2D eigenvalue weighted by Crippen LogP contribution is -2.45. The predicted octanol–water partition coefficient (Wildman–Crippen LogP) is 2.08. The van der Waals surface area contributed by atoms with Crippen molar-refractivity contribution < 1.29 is 4.79 Å². The van der Waals surface area contributed by atoms with Gasteiger partial charge in [-0.2, -0.15) is 0 Å². The molecule has 3 N–H and O–H groups in total. The topological polar surface area (TPSA) is 84.4 Å². The normalized spacial score (nSPS) is 19.4. The molecule has 0 unspecified atom stereocenters. The van der Waals surface area contributed by atoms with Crippen LogP contribution >= 0.6 is 0 Å². The molecule has 0 radical (unpaired) electrons. The fourth-order valence-electron chi connectivity index (χ4n) is 3.85. The fraction of sp³-hybridized carbons (Fsp3) is 0.650. The zero-order valence-electron chi connectivity index (χ0n) is 16.6. The summed E-state index contributed by atoms with van der Waals surface area (Å²) in [6.45, 7) is 3.99. The van der Waals surface area contributed by atoms with E-state index in [-0.39, 0.29) is 17.7 Å². The van der Waals surface area contributed by atoms with Crippen molar-refractivity contribution in [3.8, 4) is 0 Å². The Morgan fingerprint density at radius 2 is 1.78 bits per heavy atom. The second-order valence-electron chi connectivity index (χ2n) is 7.64. The molecule has 7 heteroatoms. The molecule has 2 aliphatic heterocycles. The van der Waals surface area contributed by atoms with Gasteiger partial charge in [-0.3, -0.25) is 10.2 Å². The van der Waals surface area contributed by atoms with Crippen molar-refractivity contribution in [2.24, 2.45) is 0 Å². The molecule has 3 rings (SSSR count). The van der Waals surface area contributed by atoms with Gasteiger partial charge in [-0.05, 0) is 58.0 Å².